The van der Waals surface area contributed by atoms with E-state index in [-0.39, 0.29) is 30.3 Å². The van der Waals surface area contributed by atoms with Crippen LogP contribution in [0.25, 0.3) is 0 Å². The summed E-state index contributed by atoms with van der Waals surface area (Å²) in [6, 6.07) is 3.84. The van der Waals surface area contributed by atoms with Crippen LogP contribution in [0.3, 0.4) is 0 Å². The smallest absolute Gasteiger partial charge is 0.226 e. The predicted molar refractivity (Wildman–Crippen MR) is 85.0 cm³/mol. The number of carbonyl (C=O) groups excluding carboxylic acids is 1. The van der Waals surface area contributed by atoms with Gasteiger partial charge in [-0.3, -0.25) is 4.79 Å². The van der Waals surface area contributed by atoms with Crippen LogP contribution in [0, 0.1) is 17.6 Å². The summed E-state index contributed by atoms with van der Waals surface area (Å²) in [5.41, 5.74) is 0.603. The molecule has 1 aromatic carbocycles. The van der Waals surface area contributed by atoms with Gasteiger partial charge in [-0.15, -0.1) is 12.4 Å². The summed E-state index contributed by atoms with van der Waals surface area (Å²) in [6.45, 7) is 4.73. The van der Waals surface area contributed by atoms with Crippen LogP contribution in [-0.4, -0.2) is 30.4 Å². The lowest BCUT2D eigenvalue weighted by molar-refractivity contribution is -0.137. The van der Waals surface area contributed by atoms with Gasteiger partial charge in [0.2, 0.25) is 5.91 Å². The van der Waals surface area contributed by atoms with Crippen molar-refractivity contribution in [2.45, 2.75) is 38.8 Å². The van der Waals surface area contributed by atoms with E-state index < -0.39 is 11.6 Å². The van der Waals surface area contributed by atoms with Gasteiger partial charge in [0.15, 0.2) is 11.6 Å². The maximum absolute atomic E-state index is 13.3. The van der Waals surface area contributed by atoms with Crippen LogP contribution in [0.2, 0.25) is 0 Å². The maximum Gasteiger partial charge on any atom is 0.226 e. The minimum atomic E-state index is -0.879. The van der Waals surface area contributed by atoms with E-state index in [9.17, 15) is 13.6 Å². The predicted octanol–water partition coefficient (Wildman–Crippen LogP) is 3.29. The molecule has 22 heavy (non-hydrogen) atoms. The van der Waals surface area contributed by atoms with Crippen LogP contribution in [0.5, 0.6) is 0 Å². The van der Waals surface area contributed by atoms with Crippen molar-refractivity contribution < 1.29 is 13.6 Å². The molecular formula is C16H23ClF2N2O. The molecule has 1 unspecified atom stereocenters. The van der Waals surface area contributed by atoms with Crippen LogP contribution in [-0.2, 0) is 4.79 Å². The first kappa shape index (κ1) is 18.8. The molecule has 1 N–H and O–H groups in total. The lowest BCUT2D eigenvalue weighted by Gasteiger charge is -2.33. The molecule has 0 spiro atoms. The molecule has 1 aromatic rings. The van der Waals surface area contributed by atoms with E-state index in [4.69, 9.17) is 0 Å². The van der Waals surface area contributed by atoms with Crippen molar-refractivity contribution in [1.29, 1.82) is 0 Å². The first-order chi connectivity index (χ1) is 9.90. The standard InChI is InChI=1S/C16H22F2N2O.ClH/c1-10-8-13(6-7-19-10)16(21)20(3)11(2)12-4-5-14(17)15(18)9-12;/h4-5,9-11,13,19H,6-8H2,1-3H3;1H/t10-,11?,13-;/m0./s1. The second kappa shape index (κ2) is 7.88. The van der Waals surface area contributed by atoms with Gasteiger partial charge in [0, 0.05) is 19.0 Å². The maximum atomic E-state index is 13.3. The molecular weight excluding hydrogens is 310 g/mol. The van der Waals surface area contributed by atoms with Crippen molar-refractivity contribution >= 4 is 18.3 Å². The highest BCUT2D eigenvalue weighted by Crippen LogP contribution is 2.25. The van der Waals surface area contributed by atoms with Crippen LogP contribution in [0.4, 0.5) is 8.78 Å². The molecule has 3 nitrogen and oxygen atoms in total. The largest absolute Gasteiger partial charge is 0.339 e. The molecule has 1 fully saturated rings. The highest BCUT2D eigenvalue weighted by molar-refractivity contribution is 5.85. The Bertz CT molecular complexity index is 527. The second-order valence-electron chi connectivity index (χ2n) is 5.88. The zero-order valence-corrected chi connectivity index (χ0v) is 13.9. The minimum Gasteiger partial charge on any atom is -0.339 e. The molecule has 0 saturated carbocycles. The molecule has 0 radical (unpaired) electrons. The molecule has 1 amide bonds. The summed E-state index contributed by atoms with van der Waals surface area (Å²) in [4.78, 5) is 14.2. The summed E-state index contributed by atoms with van der Waals surface area (Å²) in [7, 11) is 1.72. The number of piperidine rings is 1. The average molecular weight is 333 g/mol. The van der Waals surface area contributed by atoms with Gasteiger partial charge < -0.3 is 10.2 Å². The number of nitrogens with one attached hydrogen (secondary N) is 1. The molecule has 0 bridgehead atoms. The minimum absolute atomic E-state index is 0. The number of amides is 1. The van der Waals surface area contributed by atoms with Crippen LogP contribution >= 0.6 is 12.4 Å². The van der Waals surface area contributed by atoms with Gasteiger partial charge in [-0.25, -0.2) is 8.78 Å². The summed E-state index contributed by atoms with van der Waals surface area (Å²) in [5, 5.41) is 3.32. The number of hydrogen-bond acceptors (Lipinski definition) is 2. The number of carbonyl (C=O) groups is 1. The van der Waals surface area contributed by atoms with Crippen molar-refractivity contribution in [3.8, 4) is 0 Å². The van der Waals surface area contributed by atoms with E-state index >= 15 is 0 Å². The molecule has 1 aliphatic heterocycles. The van der Waals surface area contributed by atoms with Crippen molar-refractivity contribution in [1.82, 2.24) is 10.2 Å². The number of rotatable bonds is 3. The van der Waals surface area contributed by atoms with E-state index in [1.54, 1.807) is 11.9 Å². The molecule has 2 rings (SSSR count). The van der Waals surface area contributed by atoms with E-state index in [1.807, 2.05) is 6.92 Å². The second-order valence-corrected chi connectivity index (χ2v) is 5.88. The Hall–Kier alpha value is -1.20. The Labute approximate surface area is 136 Å². The first-order valence-corrected chi connectivity index (χ1v) is 7.35. The topological polar surface area (TPSA) is 32.3 Å². The van der Waals surface area contributed by atoms with Crippen molar-refractivity contribution in [3.63, 3.8) is 0 Å². The van der Waals surface area contributed by atoms with E-state index in [0.717, 1.165) is 31.5 Å². The fourth-order valence-corrected chi connectivity index (χ4v) is 2.83. The van der Waals surface area contributed by atoms with Crippen LogP contribution in [0.1, 0.15) is 38.3 Å². The van der Waals surface area contributed by atoms with Gasteiger partial charge in [0.05, 0.1) is 6.04 Å². The molecule has 1 saturated heterocycles. The van der Waals surface area contributed by atoms with Gasteiger partial charge in [0.1, 0.15) is 0 Å². The number of nitrogens with zero attached hydrogens (tertiary/aromatic N) is 1. The Morgan fingerprint density at radius 3 is 2.64 bits per heavy atom. The average Bonchev–Trinajstić information content (AvgIpc) is 2.47. The van der Waals surface area contributed by atoms with Crippen LogP contribution in [0.15, 0.2) is 18.2 Å². The van der Waals surface area contributed by atoms with Crippen molar-refractivity contribution in [2.75, 3.05) is 13.6 Å². The van der Waals surface area contributed by atoms with Gasteiger partial charge in [-0.05, 0) is 50.9 Å². The zero-order chi connectivity index (χ0) is 15.6. The highest BCUT2D eigenvalue weighted by atomic mass is 35.5. The third kappa shape index (κ3) is 4.17. The molecule has 0 aromatic heterocycles. The number of hydrogen-bond donors (Lipinski definition) is 1. The summed E-state index contributed by atoms with van der Waals surface area (Å²) >= 11 is 0. The summed E-state index contributed by atoms with van der Waals surface area (Å²) < 4.78 is 26.3. The fourth-order valence-electron chi connectivity index (χ4n) is 2.83. The molecule has 3 atom stereocenters. The number of benzene rings is 1. The third-order valence-corrected chi connectivity index (χ3v) is 4.33. The SMILES string of the molecule is CC(c1ccc(F)c(F)c1)N(C)C(=O)[C@H]1CCN[C@@H](C)C1.Cl. The van der Waals surface area contributed by atoms with Crippen LogP contribution < -0.4 is 5.32 Å². The summed E-state index contributed by atoms with van der Waals surface area (Å²) in [6.07, 6.45) is 1.63. The van der Waals surface area contributed by atoms with Gasteiger partial charge in [0.25, 0.3) is 0 Å². The molecule has 1 heterocycles. The summed E-state index contributed by atoms with van der Waals surface area (Å²) in [5.74, 6) is -1.68. The monoisotopic (exact) mass is 332 g/mol. The van der Waals surface area contributed by atoms with E-state index in [1.165, 1.54) is 6.07 Å². The molecule has 6 heteroatoms. The molecule has 124 valence electrons. The van der Waals surface area contributed by atoms with Gasteiger partial charge in [-0.2, -0.15) is 0 Å². The zero-order valence-electron chi connectivity index (χ0n) is 13.1. The molecule has 0 aliphatic carbocycles. The lowest BCUT2D eigenvalue weighted by Crippen LogP contribution is -2.43. The van der Waals surface area contributed by atoms with Crippen molar-refractivity contribution in [2.24, 2.45) is 5.92 Å². The third-order valence-electron chi connectivity index (χ3n) is 4.33. The Balaban J connectivity index is 0.00000242. The fraction of sp³-hybridized carbons (Fsp3) is 0.562. The quantitative estimate of drug-likeness (QED) is 0.921. The van der Waals surface area contributed by atoms with Gasteiger partial charge in [-0.1, -0.05) is 6.07 Å². The Morgan fingerprint density at radius 1 is 1.36 bits per heavy atom. The first-order valence-electron chi connectivity index (χ1n) is 7.35. The lowest BCUT2D eigenvalue weighted by atomic mass is 9.91. The number of halogens is 3. The van der Waals surface area contributed by atoms with E-state index in [2.05, 4.69) is 12.2 Å². The van der Waals surface area contributed by atoms with E-state index in [0.29, 0.717) is 11.6 Å². The highest BCUT2D eigenvalue weighted by Gasteiger charge is 2.29. The Morgan fingerprint density at radius 2 is 2.05 bits per heavy atom. The normalized spacial score (nSPS) is 22.6. The van der Waals surface area contributed by atoms with Crippen molar-refractivity contribution in [3.05, 3.63) is 35.4 Å². The van der Waals surface area contributed by atoms with Gasteiger partial charge >= 0.3 is 0 Å². The Kier molecular flexibility index (Phi) is 6.75. The molecule has 1 aliphatic rings.